The van der Waals surface area contributed by atoms with Gasteiger partial charge in [-0.05, 0) is 53.8 Å². The van der Waals surface area contributed by atoms with Crippen LogP contribution in [-0.4, -0.2) is 20.9 Å². The largest absolute Gasteiger partial charge is 0.321 e. The third-order valence-corrected chi connectivity index (χ3v) is 4.83. The average Bonchev–Trinajstić information content (AvgIpc) is 3.31. The van der Waals surface area contributed by atoms with Gasteiger partial charge < -0.3 is 5.32 Å². The van der Waals surface area contributed by atoms with Gasteiger partial charge in [-0.15, -0.1) is 21.5 Å². The molecule has 0 unspecified atom stereocenters. The monoisotopic (exact) mass is 348 g/mol. The number of carbonyl (C=O) groups excluding carboxylic acids is 1. The number of carbonyl (C=O) groups is 1. The second-order valence-corrected chi connectivity index (χ2v) is 6.59. The molecule has 6 heteroatoms. The van der Waals surface area contributed by atoms with Gasteiger partial charge in [0.1, 0.15) is 11.0 Å². The predicted octanol–water partition coefficient (Wildman–Crippen LogP) is 4.30. The number of thiophene rings is 1. The maximum Gasteiger partial charge on any atom is 0.265 e. The Morgan fingerprint density at radius 3 is 2.60 bits per heavy atom. The van der Waals surface area contributed by atoms with Crippen LogP contribution in [0.4, 0.5) is 5.69 Å². The third-order valence-electron chi connectivity index (χ3n) is 3.96. The summed E-state index contributed by atoms with van der Waals surface area (Å²) in [5, 5.41) is 13.8. The van der Waals surface area contributed by atoms with E-state index in [1.165, 1.54) is 16.9 Å². The molecule has 0 aliphatic carbocycles. The average molecular weight is 348 g/mol. The Labute approximate surface area is 148 Å². The summed E-state index contributed by atoms with van der Waals surface area (Å²) >= 11 is 1.41. The third kappa shape index (κ3) is 3.16. The van der Waals surface area contributed by atoms with Crippen molar-refractivity contribution in [2.24, 2.45) is 0 Å². The van der Waals surface area contributed by atoms with Crippen LogP contribution in [0.2, 0.25) is 0 Å². The number of benzene rings is 2. The molecule has 0 saturated carbocycles. The number of aryl methyl sites for hydroxylation is 1. The molecule has 1 amide bonds. The van der Waals surface area contributed by atoms with Crippen LogP contribution in [0.5, 0.6) is 0 Å². The Morgan fingerprint density at radius 1 is 1.08 bits per heavy atom. The number of aromatic nitrogens is 3. The molecule has 25 heavy (non-hydrogen) atoms. The summed E-state index contributed by atoms with van der Waals surface area (Å²) in [5.41, 5.74) is 4.42. The molecule has 0 atom stereocenters. The van der Waals surface area contributed by atoms with E-state index in [2.05, 4.69) is 34.6 Å². The van der Waals surface area contributed by atoms with Crippen LogP contribution in [0.3, 0.4) is 0 Å². The summed E-state index contributed by atoms with van der Waals surface area (Å²) in [6.45, 7) is 2.13. The summed E-state index contributed by atoms with van der Waals surface area (Å²) in [6, 6.07) is 17.4. The van der Waals surface area contributed by atoms with Crippen molar-refractivity contribution in [2.45, 2.75) is 13.3 Å². The minimum absolute atomic E-state index is 0.114. The topological polar surface area (TPSA) is 59.8 Å². The number of nitrogens with one attached hydrogen (secondary N) is 1. The van der Waals surface area contributed by atoms with Gasteiger partial charge in [0.05, 0.1) is 10.6 Å². The van der Waals surface area contributed by atoms with Crippen molar-refractivity contribution in [3.05, 3.63) is 70.4 Å². The number of amides is 1. The van der Waals surface area contributed by atoms with Crippen LogP contribution in [0.1, 0.15) is 22.2 Å². The Balaban J connectivity index is 1.61. The lowest BCUT2D eigenvalue weighted by Gasteiger charge is -2.02. The van der Waals surface area contributed by atoms with E-state index >= 15 is 0 Å². The second kappa shape index (κ2) is 6.49. The Bertz CT molecular complexity index is 1020. The molecule has 0 bridgehead atoms. The highest BCUT2D eigenvalue weighted by molar-refractivity contribution is 7.12. The van der Waals surface area contributed by atoms with Crippen molar-refractivity contribution in [1.82, 2.24) is 15.0 Å². The predicted molar refractivity (Wildman–Crippen MR) is 101 cm³/mol. The molecule has 0 aliphatic heterocycles. The number of fused-ring (bicyclic) bond motifs is 1. The van der Waals surface area contributed by atoms with Gasteiger partial charge in [0.25, 0.3) is 5.91 Å². The standard InChI is InChI=1S/C19H16N4OS/c1-2-13-5-8-15(9-6-13)23-21-16-10-7-14(12-17(16)22-23)20-19(24)18-4-3-11-25-18/h3-12H,2H2,1H3,(H,20,24). The Morgan fingerprint density at radius 2 is 1.88 bits per heavy atom. The normalized spacial score (nSPS) is 10.9. The van der Waals surface area contributed by atoms with Crippen LogP contribution in [0.15, 0.2) is 60.0 Å². The van der Waals surface area contributed by atoms with Crippen LogP contribution in [0.25, 0.3) is 16.7 Å². The maximum absolute atomic E-state index is 12.2. The fourth-order valence-corrected chi connectivity index (χ4v) is 3.19. The molecule has 0 fully saturated rings. The van der Waals surface area contributed by atoms with Gasteiger partial charge in [0, 0.05) is 5.69 Å². The molecule has 4 rings (SSSR count). The van der Waals surface area contributed by atoms with Crippen molar-refractivity contribution in [3.8, 4) is 5.69 Å². The molecular formula is C19H16N4OS. The molecule has 0 aliphatic rings. The van der Waals surface area contributed by atoms with Crippen molar-refractivity contribution < 1.29 is 4.79 Å². The fourth-order valence-electron chi connectivity index (χ4n) is 2.57. The highest BCUT2D eigenvalue weighted by atomic mass is 32.1. The van der Waals surface area contributed by atoms with E-state index in [0.717, 1.165) is 23.1 Å². The van der Waals surface area contributed by atoms with E-state index in [9.17, 15) is 4.79 Å². The molecule has 0 spiro atoms. The van der Waals surface area contributed by atoms with Crippen LogP contribution in [-0.2, 0) is 6.42 Å². The van der Waals surface area contributed by atoms with Gasteiger partial charge in [0.2, 0.25) is 0 Å². The van der Waals surface area contributed by atoms with Gasteiger partial charge in [-0.25, -0.2) is 0 Å². The number of nitrogens with zero attached hydrogens (tertiary/aromatic N) is 3. The Hall–Kier alpha value is -2.99. The summed E-state index contributed by atoms with van der Waals surface area (Å²) in [7, 11) is 0. The number of rotatable bonds is 4. The summed E-state index contributed by atoms with van der Waals surface area (Å²) < 4.78 is 0. The van der Waals surface area contributed by atoms with Crippen molar-refractivity contribution in [1.29, 1.82) is 0 Å². The van der Waals surface area contributed by atoms with Crippen molar-refractivity contribution in [2.75, 3.05) is 5.32 Å². The van der Waals surface area contributed by atoms with Gasteiger partial charge in [-0.1, -0.05) is 25.1 Å². The van der Waals surface area contributed by atoms with Gasteiger partial charge in [0.15, 0.2) is 0 Å². The second-order valence-electron chi connectivity index (χ2n) is 5.64. The summed E-state index contributed by atoms with van der Waals surface area (Å²) in [4.78, 5) is 14.5. The van der Waals surface area contributed by atoms with E-state index in [0.29, 0.717) is 10.6 Å². The van der Waals surface area contributed by atoms with E-state index in [1.807, 2.05) is 41.8 Å². The first-order valence-corrected chi connectivity index (χ1v) is 8.92. The summed E-state index contributed by atoms with van der Waals surface area (Å²) in [6.07, 6.45) is 1.00. The quantitative estimate of drug-likeness (QED) is 0.598. The molecule has 2 heterocycles. The molecule has 0 radical (unpaired) electrons. The molecule has 124 valence electrons. The van der Waals surface area contributed by atoms with Crippen LogP contribution >= 0.6 is 11.3 Å². The lowest BCUT2D eigenvalue weighted by atomic mass is 10.2. The number of hydrogen-bond donors (Lipinski definition) is 1. The smallest absolute Gasteiger partial charge is 0.265 e. The van der Waals surface area contributed by atoms with Crippen molar-refractivity contribution in [3.63, 3.8) is 0 Å². The Kier molecular flexibility index (Phi) is 4.03. The van der Waals surface area contributed by atoms with E-state index in [4.69, 9.17) is 0 Å². The molecule has 0 saturated heterocycles. The van der Waals surface area contributed by atoms with Gasteiger partial charge >= 0.3 is 0 Å². The van der Waals surface area contributed by atoms with Crippen LogP contribution < -0.4 is 5.32 Å². The summed E-state index contributed by atoms with van der Waals surface area (Å²) in [5.74, 6) is -0.114. The number of anilines is 1. The SMILES string of the molecule is CCc1ccc(-n2nc3ccc(NC(=O)c4cccs4)cc3n2)cc1. The highest BCUT2D eigenvalue weighted by Crippen LogP contribution is 2.19. The molecule has 2 aromatic carbocycles. The minimum atomic E-state index is -0.114. The molecule has 1 N–H and O–H groups in total. The molecule has 5 nitrogen and oxygen atoms in total. The first-order valence-electron chi connectivity index (χ1n) is 8.04. The van der Waals surface area contributed by atoms with Crippen molar-refractivity contribution >= 4 is 34.0 Å². The van der Waals surface area contributed by atoms with E-state index in [1.54, 1.807) is 10.9 Å². The zero-order chi connectivity index (χ0) is 17.2. The first kappa shape index (κ1) is 15.5. The van der Waals surface area contributed by atoms with E-state index in [-0.39, 0.29) is 5.91 Å². The lowest BCUT2D eigenvalue weighted by Crippen LogP contribution is -2.09. The van der Waals surface area contributed by atoms with Gasteiger partial charge in [-0.3, -0.25) is 4.79 Å². The maximum atomic E-state index is 12.2. The zero-order valence-electron chi connectivity index (χ0n) is 13.6. The molecule has 4 aromatic rings. The first-order chi connectivity index (χ1) is 12.2. The van der Waals surface area contributed by atoms with Crippen LogP contribution in [0, 0.1) is 0 Å². The fraction of sp³-hybridized carbons (Fsp3) is 0.105. The van der Waals surface area contributed by atoms with Gasteiger partial charge in [-0.2, -0.15) is 4.80 Å². The number of hydrogen-bond acceptors (Lipinski definition) is 4. The minimum Gasteiger partial charge on any atom is -0.321 e. The zero-order valence-corrected chi connectivity index (χ0v) is 14.5. The van der Waals surface area contributed by atoms with E-state index < -0.39 is 0 Å². The molecular weight excluding hydrogens is 332 g/mol. The lowest BCUT2D eigenvalue weighted by molar-refractivity contribution is 0.103. The molecule has 2 aromatic heterocycles. The highest BCUT2D eigenvalue weighted by Gasteiger charge is 2.09.